The van der Waals surface area contributed by atoms with Gasteiger partial charge in [-0.25, -0.2) is 9.59 Å². The number of carbonyl (C=O) groups excluding carboxylic acids is 7. The van der Waals surface area contributed by atoms with Crippen LogP contribution in [-0.2, 0) is 78.0 Å². The number of rotatable bonds is 39. The zero-order valence-corrected chi connectivity index (χ0v) is 44.7. The summed E-state index contributed by atoms with van der Waals surface area (Å²) in [6, 6.07) is 15.5. The third-order valence-corrected chi connectivity index (χ3v) is 14.1. The minimum Gasteiger partial charge on any atom is -0.378 e. The number of fused-ring (bicyclic) bond motifs is 3. The van der Waals surface area contributed by atoms with E-state index in [1.165, 1.54) is 0 Å². The van der Waals surface area contributed by atoms with Crippen molar-refractivity contribution in [2.45, 2.75) is 81.7 Å². The molecule has 2 aromatic rings. The van der Waals surface area contributed by atoms with E-state index in [-0.39, 0.29) is 87.8 Å². The first-order valence-corrected chi connectivity index (χ1v) is 27.6. The van der Waals surface area contributed by atoms with Crippen molar-refractivity contribution in [2.24, 2.45) is 0 Å². The van der Waals surface area contributed by atoms with Crippen molar-refractivity contribution < 1.29 is 76.3 Å². The monoisotopic (exact) mass is 1090 g/mol. The maximum atomic E-state index is 13.4. The van der Waals surface area contributed by atoms with Gasteiger partial charge < -0.3 is 68.5 Å². The smallest absolute Gasteiger partial charge is 0.335 e. The number of thioether (sulfide) groups is 1. The van der Waals surface area contributed by atoms with Gasteiger partial charge in [0, 0.05) is 73.9 Å². The highest BCUT2D eigenvalue weighted by Gasteiger charge is 2.42. The number of hydrogen-bond donors (Lipinski definition) is 3. The van der Waals surface area contributed by atoms with Crippen LogP contribution in [0.25, 0.3) is 0 Å². The third kappa shape index (κ3) is 21.9. The van der Waals surface area contributed by atoms with E-state index < -0.39 is 17.8 Å². The molecule has 4 heterocycles. The van der Waals surface area contributed by atoms with Crippen molar-refractivity contribution in [3.05, 3.63) is 65.2 Å². The average Bonchev–Trinajstić information content (AvgIpc) is 4.10. The Morgan fingerprint density at radius 3 is 1.83 bits per heavy atom. The maximum absolute atomic E-state index is 13.4. The predicted octanol–water partition coefficient (Wildman–Crippen LogP) is 2.51. The van der Waals surface area contributed by atoms with Gasteiger partial charge in [-0.1, -0.05) is 48.6 Å². The van der Waals surface area contributed by atoms with Gasteiger partial charge in [0.2, 0.25) is 17.7 Å². The van der Waals surface area contributed by atoms with Crippen molar-refractivity contribution >= 4 is 59.0 Å². The minimum atomic E-state index is -0.724. The fraction of sp³-hybridized carbons (Fsp3) is 0.611. The molecular weight excluding hydrogens is 1020 g/mol. The minimum absolute atomic E-state index is 0.0253. The first-order valence-electron chi connectivity index (χ1n) is 26.6. The standard InChI is InChI=1S/C54H74N6O16S/c61-47(15-16-49(63)59-39-43-9-2-1-7-41(43)13-14-42-8-3-4-10-45(42)59)55-20-24-69-28-32-73-36-38-75-34-30-71-26-22-58(48(62)12-6-5-11-46-53-44(40-77-46)56-54(67)57-53)21-25-70-29-33-74-37-35-72-31-27-68-23-19-52(66)76-60-50(64)17-18-51(60)65/h1-4,7-10,44,46,53H,5-6,11-12,15-40H2,(H,55,61)(H2,56,57,67)/t44-,46-,53-/m0/s1. The summed E-state index contributed by atoms with van der Waals surface area (Å²) in [7, 11) is 0. The number of unbranched alkanes of at least 4 members (excludes halogenated alkanes) is 1. The molecule has 4 aliphatic heterocycles. The van der Waals surface area contributed by atoms with Gasteiger partial charge in [-0.15, -0.1) is 5.06 Å². The van der Waals surface area contributed by atoms with Crippen molar-refractivity contribution in [1.82, 2.24) is 25.9 Å². The average molecular weight is 1100 g/mol. The van der Waals surface area contributed by atoms with E-state index >= 15 is 0 Å². The van der Waals surface area contributed by atoms with Crippen LogP contribution in [0.4, 0.5) is 10.5 Å². The first kappa shape index (κ1) is 60.5. The van der Waals surface area contributed by atoms with Crippen LogP contribution < -0.4 is 20.9 Å². The van der Waals surface area contributed by atoms with Gasteiger partial charge in [-0.05, 0) is 36.6 Å². The van der Waals surface area contributed by atoms with E-state index in [0.29, 0.717) is 129 Å². The lowest BCUT2D eigenvalue weighted by Crippen LogP contribution is -2.37. The number of carbonyl (C=O) groups is 7. The molecule has 0 aromatic heterocycles. The van der Waals surface area contributed by atoms with Crippen molar-refractivity contribution in [2.75, 3.05) is 136 Å². The molecule has 22 nitrogen and oxygen atoms in total. The van der Waals surface area contributed by atoms with Crippen LogP contribution in [0.1, 0.15) is 74.5 Å². The molecule has 0 saturated carbocycles. The SMILES string of the molecule is O=C(CCC(=O)N1Cc2ccccc2C#Cc2ccccc21)NCCOCCOCCOCCOCCN(CCOCCOCCOCCOCCC(=O)ON1C(=O)CCC1=O)C(=O)CCCC[C@@H]1SC[C@@H]2NC(=O)N[C@@H]21. The Balaban J connectivity index is 0.742. The van der Waals surface area contributed by atoms with Crippen molar-refractivity contribution in [1.29, 1.82) is 0 Å². The van der Waals surface area contributed by atoms with Crippen molar-refractivity contribution in [3.8, 4) is 11.8 Å². The summed E-state index contributed by atoms with van der Waals surface area (Å²) < 4.78 is 44.8. The van der Waals surface area contributed by atoms with Crippen molar-refractivity contribution in [3.63, 3.8) is 0 Å². The van der Waals surface area contributed by atoms with Gasteiger partial charge in [0.1, 0.15) is 0 Å². The van der Waals surface area contributed by atoms with Gasteiger partial charge in [0.05, 0.1) is 136 Å². The highest BCUT2D eigenvalue weighted by Crippen LogP contribution is 2.33. The molecular formula is C54H74N6O16S. The van der Waals surface area contributed by atoms with Gasteiger partial charge in [0.25, 0.3) is 11.8 Å². The number of nitrogens with one attached hydrogen (secondary N) is 3. The highest BCUT2D eigenvalue weighted by molar-refractivity contribution is 8.00. The van der Waals surface area contributed by atoms with E-state index in [1.54, 1.807) is 9.80 Å². The van der Waals surface area contributed by atoms with E-state index in [2.05, 4.69) is 27.8 Å². The zero-order valence-electron chi connectivity index (χ0n) is 43.8. The highest BCUT2D eigenvalue weighted by atomic mass is 32.2. The molecule has 23 heteroatoms. The fourth-order valence-electron chi connectivity index (χ4n) is 8.53. The lowest BCUT2D eigenvalue weighted by atomic mass is 10.0. The number of para-hydroxylation sites is 1. The van der Waals surface area contributed by atoms with E-state index in [0.717, 1.165) is 47.4 Å². The molecule has 3 atom stereocenters. The topological polar surface area (TPSA) is 248 Å². The molecule has 422 valence electrons. The molecule has 77 heavy (non-hydrogen) atoms. The number of urea groups is 1. The molecule has 4 aliphatic rings. The number of ether oxygens (including phenoxy) is 8. The van der Waals surface area contributed by atoms with Crippen LogP contribution in [-0.4, -0.2) is 200 Å². The number of hydrogen-bond acceptors (Lipinski definition) is 17. The predicted molar refractivity (Wildman–Crippen MR) is 281 cm³/mol. The van der Waals surface area contributed by atoms with Crippen LogP contribution in [0.3, 0.4) is 0 Å². The quantitative estimate of drug-likeness (QED) is 0.0377. The van der Waals surface area contributed by atoms with Crippen LogP contribution in [0, 0.1) is 11.8 Å². The molecule has 0 spiro atoms. The Morgan fingerprint density at radius 1 is 0.623 bits per heavy atom. The largest absolute Gasteiger partial charge is 0.378 e. The number of amides is 7. The Bertz CT molecular complexity index is 2270. The van der Waals surface area contributed by atoms with E-state index in [9.17, 15) is 33.6 Å². The number of imide groups is 1. The fourth-order valence-corrected chi connectivity index (χ4v) is 10.1. The van der Waals surface area contributed by atoms with Crippen LogP contribution in [0.15, 0.2) is 48.5 Å². The number of nitrogens with zero attached hydrogens (tertiary/aromatic N) is 3. The first-order chi connectivity index (χ1) is 37.7. The van der Waals surface area contributed by atoms with E-state index in [1.807, 2.05) is 60.3 Å². The Morgan fingerprint density at radius 2 is 1.18 bits per heavy atom. The molecule has 0 radical (unpaired) electrons. The molecule has 6 rings (SSSR count). The Labute approximate surface area is 454 Å². The lowest BCUT2D eigenvalue weighted by molar-refractivity contribution is -0.198. The summed E-state index contributed by atoms with van der Waals surface area (Å²) in [6.07, 6.45) is 3.02. The lowest BCUT2D eigenvalue weighted by Gasteiger charge is -2.26. The molecule has 3 saturated heterocycles. The molecule has 0 unspecified atom stereocenters. The van der Waals surface area contributed by atoms with Gasteiger partial charge in [-0.3, -0.25) is 24.0 Å². The summed E-state index contributed by atoms with van der Waals surface area (Å²) in [4.78, 5) is 94.3. The second-order valence-corrected chi connectivity index (χ2v) is 19.5. The molecule has 0 bridgehead atoms. The second kappa shape index (κ2) is 35.0. The van der Waals surface area contributed by atoms with Crippen LogP contribution >= 0.6 is 11.8 Å². The van der Waals surface area contributed by atoms with Gasteiger partial charge >= 0.3 is 12.0 Å². The van der Waals surface area contributed by atoms with Gasteiger partial charge in [0.15, 0.2) is 0 Å². The second-order valence-electron chi connectivity index (χ2n) is 18.2. The molecule has 2 aromatic carbocycles. The number of anilines is 1. The Hall–Kier alpha value is -5.68. The maximum Gasteiger partial charge on any atom is 0.335 e. The Kier molecular flexibility index (Phi) is 27.5. The zero-order chi connectivity index (χ0) is 54.3. The van der Waals surface area contributed by atoms with Crippen LogP contribution in [0.2, 0.25) is 0 Å². The molecule has 0 aliphatic carbocycles. The van der Waals surface area contributed by atoms with Crippen LogP contribution in [0.5, 0.6) is 0 Å². The van der Waals surface area contributed by atoms with Gasteiger partial charge in [-0.2, -0.15) is 11.8 Å². The molecule has 3 N–H and O–H groups in total. The molecule has 3 fully saturated rings. The summed E-state index contributed by atoms with van der Waals surface area (Å²) in [5.74, 6) is 5.16. The molecule has 7 amide bonds. The summed E-state index contributed by atoms with van der Waals surface area (Å²) in [5.41, 5.74) is 3.33. The number of benzene rings is 2. The third-order valence-electron chi connectivity index (χ3n) is 12.6. The summed E-state index contributed by atoms with van der Waals surface area (Å²) in [5, 5.41) is 9.66. The van der Waals surface area contributed by atoms with E-state index in [4.69, 9.17) is 42.7 Å². The summed E-state index contributed by atoms with van der Waals surface area (Å²) >= 11 is 1.86. The number of hydroxylamine groups is 2. The normalized spacial score (nSPS) is 17.4. The summed E-state index contributed by atoms with van der Waals surface area (Å²) in [6.45, 7) is 6.54.